The van der Waals surface area contributed by atoms with Crippen molar-refractivity contribution in [3.63, 3.8) is 0 Å². The average molecular weight is 384 g/mol. The fraction of sp³-hybridized carbons (Fsp3) is 0.476. The summed E-state index contributed by atoms with van der Waals surface area (Å²) in [6.07, 6.45) is 0.352. The van der Waals surface area contributed by atoms with Gasteiger partial charge in [0, 0.05) is 26.2 Å². The molecular formula is C21H28N4O3. The van der Waals surface area contributed by atoms with E-state index in [0.29, 0.717) is 30.0 Å². The topological polar surface area (TPSA) is 76.5 Å². The van der Waals surface area contributed by atoms with Crippen LogP contribution in [-0.4, -0.2) is 64.8 Å². The van der Waals surface area contributed by atoms with Crippen molar-refractivity contribution in [1.82, 2.24) is 20.0 Å². The van der Waals surface area contributed by atoms with E-state index < -0.39 is 11.7 Å². The minimum Gasteiger partial charge on any atom is -0.373 e. The highest BCUT2D eigenvalue weighted by Gasteiger charge is 2.26. The van der Waals surface area contributed by atoms with E-state index in [1.807, 2.05) is 51.1 Å². The highest BCUT2D eigenvalue weighted by atomic mass is 16.5. The summed E-state index contributed by atoms with van der Waals surface area (Å²) in [5.41, 5.74) is 2.45. The van der Waals surface area contributed by atoms with Gasteiger partial charge >= 0.3 is 0 Å². The number of benzene rings is 1. The number of hydrogen-bond acceptors (Lipinski definition) is 5. The number of hydrogen-bond donors (Lipinski definition) is 1. The zero-order chi connectivity index (χ0) is 20.3. The van der Waals surface area contributed by atoms with Crippen LogP contribution in [0.4, 0.5) is 0 Å². The Balaban J connectivity index is 1.62. The molecule has 1 amide bonds. The van der Waals surface area contributed by atoms with Gasteiger partial charge in [-0.25, -0.2) is 4.68 Å². The molecule has 0 saturated carbocycles. The van der Waals surface area contributed by atoms with Crippen molar-refractivity contribution in [3.8, 4) is 5.69 Å². The van der Waals surface area contributed by atoms with Crippen LogP contribution in [-0.2, 0) is 9.53 Å². The second-order valence-electron chi connectivity index (χ2n) is 7.40. The first-order chi connectivity index (χ1) is 13.4. The van der Waals surface area contributed by atoms with Crippen LogP contribution in [0.2, 0.25) is 0 Å². The predicted molar refractivity (Wildman–Crippen MR) is 107 cm³/mol. The number of morpholine rings is 1. The molecule has 7 nitrogen and oxygen atoms in total. The smallest absolute Gasteiger partial charge is 0.292 e. The van der Waals surface area contributed by atoms with Crippen LogP contribution in [0.25, 0.3) is 5.69 Å². The van der Waals surface area contributed by atoms with Gasteiger partial charge in [0.05, 0.1) is 34.8 Å². The Morgan fingerprint density at radius 1 is 1.14 bits per heavy atom. The number of aryl methyl sites for hydroxylation is 1. The number of para-hydroxylation sites is 1. The zero-order valence-electron chi connectivity index (χ0n) is 16.9. The summed E-state index contributed by atoms with van der Waals surface area (Å²) in [5, 5.41) is 7.20. The highest BCUT2D eigenvalue weighted by Crippen LogP contribution is 2.18. The van der Waals surface area contributed by atoms with E-state index in [2.05, 4.69) is 15.3 Å². The molecule has 1 fully saturated rings. The Kier molecular flexibility index (Phi) is 6.26. The number of ketones is 1. The van der Waals surface area contributed by atoms with Crippen LogP contribution in [0, 0.1) is 13.8 Å². The van der Waals surface area contributed by atoms with Gasteiger partial charge in [0.2, 0.25) is 0 Å². The summed E-state index contributed by atoms with van der Waals surface area (Å²) in [6.45, 7) is 10.4. The van der Waals surface area contributed by atoms with Crippen molar-refractivity contribution in [2.24, 2.45) is 0 Å². The SMILES string of the molecule is Cc1nn(-c2ccccc2)c(C)c1C(=O)C(=O)NCCN1CC(C)OC(C)C1. The normalized spacial score (nSPS) is 20.1. The first-order valence-corrected chi connectivity index (χ1v) is 9.68. The van der Waals surface area contributed by atoms with Crippen LogP contribution >= 0.6 is 0 Å². The minimum atomic E-state index is -0.590. The van der Waals surface area contributed by atoms with Gasteiger partial charge in [-0.2, -0.15) is 5.10 Å². The lowest BCUT2D eigenvalue weighted by atomic mass is 10.1. The van der Waals surface area contributed by atoms with Gasteiger partial charge < -0.3 is 10.1 Å². The quantitative estimate of drug-likeness (QED) is 0.608. The summed E-state index contributed by atoms with van der Waals surface area (Å²) in [6, 6.07) is 9.57. The number of carbonyl (C=O) groups excluding carboxylic acids is 2. The first kappa shape index (κ1) is 20.2. The van der Waals surface area contributed by atoms with Crippen molar-refractivity contribution in [2.45, 2.75) is 39.9 Å². The Bertz CT molecular complexity index is 837. The number of Topliss-reactive ketones (excluding diaryl/α,β-unsaturated/α-hetero) is 1. The van der Waals surface area contributed by atoms with Gasteiger partial charge in [0.25, 0.3) is 11.7 Å². The van der Waals surface area contributed by atoms with Crippen LogP contribution in [0.5, 0.6) is 0 Å². The van der Waals surface area contributed by atoms with Crippen molar-refractivity contribution in [3.05, 3.63) is 47.3 Å². The molecule has 0 bridgehead atoms. The molecule has 1 saturated heterocycles. The molecular weight excluding hydrogens is 356 g/mol. The van der Waals surface area contributed by atoms with Crippen molar-refractivity contribution in [2.75, 3.05) is 26.2 Å². The molecule has 3 rings (SSSR count). The number of amides is 1. The first-order valence-electron chi connectivity index (χ1n) is 9.68. The van der Waals surface area contributed by atoms with E-state index in [9.17, 15) is 9.59 Å². The van der Waals surface area contributed by atoms with E-state index in [4.69, 9.17) is 4.74 Å². The Hall–Kier alpha value is -2.51. The van der Waals surface area contributed by atoms with Crippen molar-refractivity contribution in [1.29, 1.82) is 0 Å². The number of nitrogens with one attached hydrogen (secondary N) is 1. The van der Waals surface area contributed by atoms with E-state index >= 15 is 0 Å². The number of ether oxygens (including phenoxy) is 1. The van der Waals surface area contributed by atoms with E-state index in [0.717, 1.165) is 18.8 Å². The summed E-state index contributed by atoms with van der Waals surface area (Å²) >= 11 is 0. The van der Waals surface area contributed by atoms with Crippen LogP contribution < -0.4 is 5.32 Å². The molecule has 1 aliphatic rings. The van der Waals surface area contributed by atoms with Crippen molar-refractivity contribution >= 4 is 11.7 Å². The van der Waals surface area contributed by atoms with Crippen LogP contribution in [0.3, 0.4) is 0 Å². The third-order valence-corrected chi connectivity index (χ3v) is 4.93. The second-order valence-corrected chi connectivity index (χ2v) is 7.40. The number of aromatic nitrogens is 2. The molecule has 7 heteroatoms. The standard InChI is InChI=1S/C21H28N4O3/c1-14-12-24(13-15(2)28-14)11-10-22-21(27)20(26)19-16(3)23-25(17(19)4)18-8-6-5-7-9-18/h5-9,14-15H,10-13H2,1-4H3,(H,22,27). The fourth-order valence-corrected chi connectivity index (χ4v) is 3.78. The lowest BCUT2D eigenvalue weighted by Gasteiger charge is -2.35. The van der Waals surface area contributed by atoms with E-state index in [1.165, 1.54) is 0 Å². The predicted octanol–water partition coefficient (Wildman–Crippen LogP) is 1.90. The molecule has 2 atom stereocenters. The molecule has 150 valence electrons. The lowest BCUT2D eigenvalue weighted by Crippen LogP contribution is -2.48. The number of rotatable bonds is 6. The minimum absolute atomic E-state index is 0.176. The Labute approximate surface area is 165 Å². The van der Waals surface area contributed by atoms with Crippen LogP contribution in [0.1, 0.15) is 35.6 Å². The summed E-state index contributed by atoms with van der Waals surface area (Å²) in [7, 11) is 0. The van der Waals surface area contributed by atoms with Gasteiger partial charge in [0.1, 0.15) is 0 Å². The molecule has 0 spiro atoms. The lowest BCUT2D eigenvalue weighted by molar-refractivity contribution is -0.117. The monoisotopic (exact) mass is 384 g/mol. The molecule has 28 heavy (non-hydrogen) atoms. The van der Waals surface area contributed by atoms with Gasteiger partial charge in [-0.3, -0.25) is 14.5 Å². The maximum absolute atomic E-state index is 12.7. The molecule has 0 aliphatic carbocycles. The second kappa shape index (κ2) is 8.67. The fourth-order valence-electron chi connectivity index (χ4n) is 3.78. The third kappa shape index (κ3) is 4.48. The molecule has 1 aliphatic heterocycles. The average Bonchev–Trinajstić information content (AvgIpc) is 2.95. The molecule has 1 aromatic heterocycles. The molecule has 1 N–H and O–H groups in total. The molecule has 1 aromatic carbocycles. The maximum atomic E-state index is 12.7. The van der Waals surface area contributed by atoms with E-state index in [-0.39, 0.29) is 12.2 Å². The molecule has 2 heterocycles. The van der Waals surface area contributed by atoms with Gasteiger partial charge in [-0.05, 0) is 39.8 Å². The van der Waals surface area contributed by atoms with E-state index in [1.54, 1.807) is 11.6 Å². The summed E-state index contributed by atoms with van der Waals surface area (Å²) in [4.78, 5) is 27.4. The molecule has 2 unspecified atom stereocenters. The molecule has 2 aromatic rings. The van der Waals surface area contributed by atoms with Crippen LogP contribution in [0.15, 0.2) is 30.3 Å². The zero-order valence-corrected chi connectivity index (χ0v) is 16.9. The number of nitrogens with zero attached hydrogens (tertiary/aromatic N) is 3. The maximum Gasteiger partial charge on any atom is 0.292 e. The largest absolute Gasteiger partial charge is 0.373 e. The highest BCUT2D eigenvalue weighted by molar-refractivity contribution is 6.43. The van der Waals surface area contributed by atoms with Gasteiger partial charge in [-0.1, -0.05) is 18.2 Å². The van der Waals surface area contributed by atoms with Crippen molar-refractivity contribution < 1.29 is 14.3 Å². The summed E-state index contributed by atoms with van der Waals surface area (Å²) in [5.74, 6) is -1.13. The third-order valence-electron chi connectivity index (χ3n) is 4.93. The molecule has 0 radical (unpaired) electrons. The Morgan fingerprint density at radius 2 is 1.79 bits per heavy atom. The van der Waals surface area contributed by atoms with Gasteiger partial charge in [-0.15, -0.1) is 0 Å². The Morgan fingerprint density at radius 3 is 2.43 bits per heavy atom. The van der Waals surface area contributed by atoms with Gasteiger partial charge in [0.15, 0.2) is 0 Å². The summed E-state index contributed by atoms with van der Waals surface area (Å²) < 4.78 is 7.41. The number of carbonyl (C=O) groups is 2.